The molecule has 37 heavy (non-hydrogen) atoms. The Labute approximate surface area is 217 Å². The van der Waals surface area contributed by atoms with Gasteiger partial charge in [0, 0.05) is 19.4 Å². The van der Waals surface area contributed by atoms with Gasteiger partial charge in [-0.3, -0.25) is 9.69 Å². The summed E-state index contributed by atoms with van der Waals surface area (Å²) in [6.07, 6.45) is 3.98. The van der Waals surface area contributed by atoms with Gasteiger partial charge in [0.15, 0.2) is 5.78 Å². The zero-order valence-electron chi connectivity index (χ0n) is 21.1. The van der Waals surface area contributed by atoms with E-state index in [1.807, 2.05) is 60.7 Å². The fourth-order valence-corrected chi connectivity index (χ4v) is 3.99. The molecule has 200 valence electrons. The molecular formula is C28H35NO8. The minimum Gasteiger partial charge on any atom is -0.473 e. The molecule has 0 saturated carbocycles. The number of carboxylic acids is 2. The van der Waals surface area contributed by atoms with Gasteiger partial charge in [-0.2, -0.15) is 0 Å². The Balaban J connectivity index is 0.000000717. The van der Waals surface area contributed by atoms with E-state index in [0.29, 0.717) is 6.54 Å². The summed E-state index contributed by atoms with van der Waals surface area (Å²) in [7, 11) is 0. The van der Waals surface area contributed by atoms with Crippen LogP contribution in [-0.4, -0.2) is 70.6 Å². The highest BCUT2D eigenvalue weighted by molar-refractivity contribution is 6.27. The summed E-state index contributed by atoms with van der Waals surface area (Å²) < 4.78 is 11.8. The van der Waals surface area contributed by atoms with Gasteiger partial charge in [-0.25, -0.2) is 14.4 Å². The highest BCUT2D eigenvalue weighted by Gasteiger charge is 2.47. The molecule has 1 heterocycles. The lowest BCUT2D eigenvalue weighted by Gasteiger charge is -2.31. The zero-order valence-corrected chi connectivity index (χ0v) is 21.1. The number of aliphatic carboxylic acids is 2. The Kier molecular flexibility index (Phi) is 12.5. The van der Waals surface area contributed by atoms with Gasteiger partial charge in [-0.1, -0.05) is 74.0 Å². The molecule has 2 aromatic rings. The summed E-state index contributed by atoms with van der Waals surface area (Å²) in [6.45, 7) is 4.94. The minimum atomic E-state index is -1.82. The molecule has 1 atom stereocenters. The number of piperidine rings is 1. The predicted octanol–water partition coefficient (Wildman–Crippen LogP) is 3.35. The minimum absolute atomic E-state index is 0.163. The van der Waals surface area contributed by atoms with Crippen molar-refractivity contribution in [2.24, 2.45) is 0 Å². The summed E-state index contributed by atoms with van der Waals surface area (Å²) in [5, 5.41) is 14.8. The van der Waals surface area contributed by atoms with Gasteiger partial charge in [0.2, 0.25) is 5.60 Å². The number of nitrogens with zero attached hydrogens (tertiary/aromatic N) is 1. The molecule has 0 aliphatic carbocycles. The van der Waals surface area contributed by atoms with Crippen molar-refractivity contribution < 1.29 is 38.9 Å². The second kappa shape index (κ2) is 15.5. The SMILES string of the molecule is CCC(=O)C(Cc1ccccc1)(OCc1ccccc1)C(=O)OCCN1CCCCC1.O=C(O)C(=O)O. The molecule has 3 rings (SSSR count). The van der Waals surface area contributed by atoms with Gasteiger partial charge < -0.3 is 19.7 Å². The molecule has 1 unspecified atom stereocenters. The number of likely N-dealkylation sites (tertiary alicyclic amines) is 1. The zero-order chi connectivity index (χ0) is 27.1. The van der Waals surface area contributed by atoms with E-state index in [-0.39, 0.29) is 31.8 Å². The maximum atomic E-state index is 13.3. The number of esters is 1. The van der Waals surface area contributed by atoms with Crippen LogP contribution < -0.4 is 0 Å². The van der Waals surface area contributed by atoms with Crippen LogP contribution in [0.3, 0.4) is 0 Å². The van der Waals surface area contributed by atoms with Crippen molar-refractivity contribution in [3.05, 3.63) is 71.8 Å². The van der Waals surface area contributed by atoms with E-state index >= 15 is 0 Å². The second-order valence-corrected chi connectivity index (χ2v) is 8.69. The summed E-state index contributed by atoms with van der Waals surface area (Å²) in [4.78, 5) is 47.0. The number of carbonyl (C=O) groups excluding carboxylic acids is 2. The molecule has 0 spiro atoms. The predicted molar refractivity (Wildman–Crippen MR) is 136 cm³/mol. The number of carbonyl (C=O) groups is 4. The number of hydrogen-bond donors (Lipinski definition) is 2. The second-order valence-electron chi connectivity index (χ2n) is 8.69. The number of hydrogen-bond acceptors (Lipinski definition) is 7. The van der Waals surface area contributed by atoms with Crippen molar-refractivity contribution in [1.29, 1.82) is 0 Å². The Morgan fingerprint density at radius 3 is 1.89 bits per heavy atom. The lowest BCUT2D eigenvalue weighted by Crippen LogP contribution is -2.52. The van der Waals surface area contributed by atoms with E-state index < -0.39 is 23.5 Å². The lowest BCUT2D eigenvalue weighted by atomic mass is 9.88. The normalized spacial score (nSPS) is 14.9. The number of rotatable bonds is 11. The van der Waals surface area contributed by atoms with Crippen molar-refractivity contribution in [2.45, 2.75) is 51.2 Å². The first-order valence-corrected chi connectivity index (χ1v) is 12.4. The van der Waals surface area contributed by atoms with Crippen LogP contribution in [-0.2, 0) is 41.7 Å². The number of benzene rings is 2. The van der Waals surface area contributed by atoms with Crippen LogP contribution >= 0.6 is 0 Å². The number of ketones is 1. The van der Waals surface area contributed by atoms with Crippen LogP contribution in [0.15, 0.2) is 60.7 Å². The smallest absolute Gasteiger partial charge is 0.414 e. The monoisotopic (exact) mass is 513 g/mol. The standard InChI is InChI=1S/C26H33NO4.C2H2O4/c1-2-24(28)26(20-22-12-6-3-7-13-22,31-21-23-14-8-4-9-15-23)25(29)30-19-18-27-16-10-5-11-17-27;3-1(4)2(5)6/h3-4,6-9,12-15H,2,5,10-11,16-21H2,1H3;(H,3,4)(H,5,6). The molecule has 1 aliphatic rings. The van der Waals surface area contributed by atoms with Crippen molar-refractivity contribution in [1.82, 2.24) is 4.90 Å². The fraction of sp³-hybridized carbons (Fsp3) is 0.429. The van der Waals surface area contributed by atoms with Crippen molar-refractivity contribution in [2.75, 3.05) is 26.2 Å². The van der Waals surface area contributed by atoms with Crippen molar-refractivity contribution in [3.63, 3.8) is 0 Å². The van der Waals surface area contributed by atoms with Gasteiger partial charge in [-0.15, -0.1) is 0 Å². The molecule has 1 fully saturated rings. The van der Waals surface area contributed by atoms with Crippen LogP contribution in [0.2, 0.25) is 0 Å². The molecule has 2 N–H and O–H groups in total. The van der Waals surface area contributed by atoms with E-state index in [1.54, 1.807) is 6.92 Å². The first-order chi connectivity index (χ1) is 17.8. The van der Waals surface area contributed by atoms with Gasteiger partial charge in [0.1, 0.15) is 6.61 Å². The van der Waals surface area contributed by atoms with Crippen molar-refractivity contribution >= 4 is 23.7 Å². The molecule has 0 radical (unpaired) electrons. The molecule has 9 nitrogen and oxygen atoms in total. The lowest BCUT2D eigenvalue weighted by molar-refractivity contribution is -0.180. The molecule has 2 aromatic carbocycles. The highest BCUT2D eigenvalue weighted by Crippen LogP contribution is 2.25. The third kappa shape index (κ3) is 9.78. The molecular weight excluding hydrogens is 478 g/mol. The third-order valence-electron chi connectivity index (χ3n) is 6.00. The van der Waals surface area contributed by atoms with Crippen molar-refractivity contribution in [3.8, 4) is 0 Å². The molecule has 1 saturated heterocycles. The number of Topliss-reactive ketones (excluding diaryl/α,β-unsaturated/α-hetero) is 1. The quantitative estimate of drug-likeness (QED) is 0.264. The van der Waals surface area contributed by atoms with E-state index in [0.717, 1.165) is 24.2 Å². The Hall–Kier alpha value is -3.56. The third-order valence-corrected chi connectivity index (χ3v) is 6.00. The topological polar surface area (TPSA) is 130 Å². The Morgan fingerprint density at radius 1 is 0.838 bits per heavy atom. The van der Waals surface area contributed by atoms with E-state index in [4.69, 9.17) is 29.3 Å². The first-order valence-electron chi connectivity index (χ1n) is 12.4. The van der Waals surface area contributed by atoms with Crippen LogP contribution in [0.4, 0.5) is 0 Å². The number of ether oxygens (including phenoxy) is 2. The van der Waals surface area contributed by atoms with Gasteiger partial charge in [0.05, 0.1) is 6.61 Å². The summed E-state index contributed by atoms with van der Waals surface area (Å²) >= 11 is 0. The van der Waals surface area contributed by atoms with E-state index in [9.17, 15) is 9.59 Å². The summed E-state index contributed by atoms with van der Waals surface area (Å²) in [6, 6.07) is 19.1. The molecule has 1 aliphatic heterocycles. The molecule has 9 heteroatoms. The van der Waals surface area contributed by atoms with Crippen LogP contribution in [0, 0.1) is 0 Å². The first kappa shape index (κ1) is 29.7. The molecule has 0 amide bonds. The average molecular weight is 514 g/mol. The highest BCUT2D eigenvalue weighted by atomic mass is 16.6. The van der Waals surface area contributed by atoms with Crippen LogP contribution in [0.1, 0.15) is 43.7 Å². The fourth-order valence-electron chi connectivity index (χ4n) is 3.99. The average Bonchev–Trinajstić information content (AvgIpc) is 2.92. The molecule has 0 aromatic heterocycles. The summed E-state index contributed by atoms with van der Waals surface area (Å²) in [5.74, 6) is -4.49. The Morgan fingerprint density at radius 2 is 1.38 bits per heavy atom. The van der Waals surface area contributed by atoms with Gasteiger partial charge in [-0.05, 0) is 37.1 Å². The van der Waals surface area contributed by atoms with E-state index in [2.05, 4.69) is 4.90 Å². The van der Waals surface area contributed by atoms with E-state index in [1.165, 1.54) is 19.3 Å². The Bertz CT molecular complexity index is 993. The van der Waals surface area contributed by atoms with Crippen LogP contribution in [0.25, 0.3) is 0 Å². The maximum Gasteiger partial charge on any atom is 0.414 e. The number of carboxylic acid groups (broad SMARTS) is 2. The largest absolute Gasteiger partial charge is 0.473 e. The van der Waals surface area contributed by atoms with Gasteiger partial charge >= 0.3 is 17.9 Å². The molecule has 0 bridgehead atoms. The maximum absolute atomic E-state index is 13.3. The van der Waals surface area contributed by atoms with Crippen LogP contribution in [0.5, 0.6) is 0 Å². The van der Waals surface area contributed by atoms with Gasteiger partial charge in [0.25, 0.3) is 0 Å². The summed E-state index contributed by atoms with van der Waals surface area (Å²) in [5.41, 5.74) is 0.128.